The fraction of sp³-hybridized carbons (Fsp3) is 0.0667. The van der Waals surface area contributed by atoms with Crippen LogP contribution in [-0.4, -0.2) is 22.3 Å². The molecule has 0 aliphatic heterocycles. The highest BCUT2D eigenvalue weighted by Crippen LogP contribution is 2.24. The standard InChI is InChI=1S/C15H12FN3O/c1-17-15(20)14-13(10-5-7-11(16)8-6-10)18-12-4-2-3-9-19(12)14/h2-9H,1H3,(H,17,20). The molecule has 0 fully saturated rings. The summed E-state index contributed by atoms with van der Waals surface area (Å²) in [5, 5.41) is 2.61. The molecule has 20 heavy (non-hydrogen) atoms. The van der Waals surface area contributed by atoms with E-state index < -0.39 is 0 Å². The molecule has 0 aliphatic rings. The minimum absolute atomic E-state index is 0.233. The molecule has 0 saturated heterocycles. The summed E-state index contributed by atoms with van der Waals surface area (Å²) in [7, 11) is 1.57. The van der Waals surface area contributed by atoms with Crippen LogP contribution < -0.4 is 5.32 Å². The average Bonchev–Trinajstić information content (AvgIpc) is 2.86. The van der Waals surface area contributed by atoms with Crippen molar-refractivity contribution in [2.24, 2.45) is 0 Å². The molecule has 2 aromatic heterocycles. The van der Waals surface area contributed by atoms with Crippen molar-refractivity contribution in [3.05, 3.63) is 60.2 Å². The molecular formula is C15H12FN3O. The van der Waals surface area contributed by atoms with Gasteiger partial charge in [-0.3, -0.25) is 9.20 Å². The Labute approximate surface area is 114 Å². The van der Waals surface area contributed by atoms with Gasteiger partial charge in [0.15, 0.2) is 0 Å². The Hall–Kier alpha value is -2.69. The molecule has 0 aliphatic carbocycles. The molecule has 2 heterocycles. The van der Waals surface area contributed by atoms with Crippen molar-refractivity contribution < 1.29 is 9.18 Å². The number of halogens is 1. The average molecular weight is 269 g/mol. The summed E-state index contributed by atoms with van der Waals surface area (Å²) >= 11 is 0. The maximum atomic E-state index is 13.0. The van der Waals surface area contributed by atoms with E-state index in [1.807, 2.05) is 18.2 Å². The van der Waals surface area contributed by atoms with Gasteiger partial charge >= 0.3 is 0 Å². The number of nitrogens with one attached hydrogen (secondary N) is 1. The maximum absolute atomic E-state index is 13.0. The van der Waals surface area contributed by atoms with Crippen LogP contribution in [0, 0.1) is 5.82 Å². The number of carbonyl (C=O) groups excluding carboxylic acids is 1. The van der Waals surface area contributed by atoms with Gasteiger partial charge < -0.3 is 5.32 Å². The lowest BCUT2D eigenvalue weighted by Gasteiger charge is -2.03. The van der Waals surface area contributed by atoms with Crippen LogP contribution in [0.15, 0.2) is 48.7 Å². The first-order valence-electron chi connectivity index (χ1n) is 6.16. The number of rotatable bonds is 2. The zero-order valence-corrected chi connectivity index (χ0v) is 10.8. The van der Waals surface area contributed by atoms with Crippen molar-refractivity contribution in [3.63, 3.8) is 0 Å². The molecule has 1 amide bonds. The number of hydrogen-bond acceptors (Lipinski definition) is 2. The highest BCUT2D eigenvalue weighted by molar-refractivity contribution is 5.99. The van der Waals surface area contributed by atoms with Crippen molar-refractivity contribution in [1.82, 2.24) is 14.7 Å². The second-order valence-corrected chi connectivity index (χ2v) is 4.32. The van der Waals surface area contributed by atoms with Crippen molar-refractivity contribution in [1.29, 1.82) is 0 Å². The van der Waals surface area contributed by atoms with E-state index in [0.29, 0.717) is 22.6 Å². The predicted molar refractivity (Wildman–Crippen MR) is 74.0 cm³/mol. The Morgan fingerprint density at radius 2 is 1.95 bits per heavy atom. The highest BCUT2D eigenvalue weighted by atomic mass is 19.1. The monoisotopic (exact) mass is 269 g/mol. The van der Waals surface area contributed by atoms with E-state index in [2.05, 4.69) is 10.3 Å². The third-order valence-electron chi connectivity index (χ3n) is 3.09. The Bertz CT molecular complexity index is 777. The maximum Gasteiger partial charge on any atom is 0.270 e. The lowest BCUT2D eigenvalue weighted by Crippen LogP contribution is -2.20. The number of carbonyl (C=O) groups is 1. The second-order valence-electron chi connectivity index (χ2n) is 4.32. The summed E-state index contributed by atoms with van der Waals surface area (Å²) in [6, 6.07) is 11.4. The first-order chi connectivity index (χ1) is 9.70. The fourth-order valence-electron chi connectivity index (χ4n) is 2.14. The number of fused-ring (bicyclic) bond motifs is 1. The molecule has 1 aromatic carbocycles. The van der Waals surface area contributed by atoms with Gasteiger partial charge in [-0.05, 0) is 36.4 Å². The van der Waals surface area contributed by atoms with Crippen LogP contribution >= 0.6 is 0 Å². The Morgan fingerprint density at radius 3 is 2.65 bits per heavy atom. The first kappa shape index (κ1) is 12.3. The van der Waals surface area contributed by atoms with Gasteiger partial charge in [-0.15, -0.1) is 0 Å². The molecule has 0 atom stereocenters. The number of aromatic nitrogens is 2. The van der Waals surface area contributed by atoms with E-state index in [1.54, 1.807) is 29.8 Å². The minimum Gasteiger partial charge on any atom is -0.354 e. The highest BCUT2D eigenvalue weighted by Gasteiger charge is 2.19. The summed E-state index contributed by atoms with van der Waals surface area (Å²) in [4.78, 5) is 16.6. The molecule has 0 bridgehead atoms. The quantitative estimate of drug-likeness (QED) is 0.777. The Kier molecular flexibility index (Phi) is 2.95. The SMILES string of the molecule is CNC(=O)c1c(-c2ccc(F)cc2)nc2ccccn12. The molecular weight excluding hydrogens is 257 g/mol. The smallest absolute Gasteiger partial charge is 0.270 e. The van der Waals surface area contributed by atoms with Gasteiger partial charge in [-0.25, -0.2) is 9.37 Å². The van der Waals surface area contributed by atoms with E-state index in [9.17, 15) is 9.18 Å². The van der Waals surface area contributed by atoms with Gasteiger partial charge in [0.2, 0.25) is 0 Å². The Balaban J connectivity index is 2.29. The molecule has 0 radical (unpaired) electrons. The van der Waals surface area contributed by atoms with Gasteiger partial charge in [0.25, 0.3) is 5.91 Å². The second kappa shape index (κ2) is 4.77. The van der Waals surface area contributed by atoms with Crippen LogP contribution in [0.2, 0.25) is 0 Å². The summed E-state index contributed by atoms with van der Waals surface area (Å²) < 4.78 is 14.7. The summed E-state index contributed by atoms with van der Waals surface area (Å²) in [5.41, 5.74) is 2.35. The normalized spacial score (nSPS) is 10.7. The zero-order valence-electron chi connectivity index (χ0n) is 10.8. The number of pyridine rings is 1. The number of amides is 1. The van der Waals surface area contributed by atoms with Gasteiger partial charge in [0, 0.05) is 18.8 Å². The number of nitrogens with zero attached hydrogens (tertiary/aromatic N) is 2. The molecule has 1 N–H and O–H groups in total. The van der Waals surface area contributed by atoms with Gasteiger partial charge in [-0.2, -0.15) is 0 Å². The molecule has 100 valence electrons. The molecule has 5 heteroatoms. The van der Waals surface area contributed by atoms with Gasteiger partial charge in [0.05, 0.1) is 0 Å². The van der Waals surface area contributed by atoms with E-state index in [-0.39, 0.29) is 11.7 Å². The lowest BCUT2D eigenvalue weighted by molar-refractivity contribution is 0.0958. The molecule has 4 nitrogen and oxygen atoms in total. The van der Waals surface area contributed by atoms with Crippen LogP contribution in [0.4, 0.5) is 4.39 Å². The largest absolute Gasteiger partial charge is 0.354 e. The Morgan fingerprint density at radius 1 is 1.20 bits per heavy atom. The van der Waals surface area contributed by atoms with Crippen molar-refractivity contribution in [3.8, 4) is 11.3 Å². The first-order valence-corrected chi connectivity index (χ1v) is 6.16. The summed E-state index contributed by atoms with van der Waals surface area (Å²) in [5.74, 6) is -0.554. The third-order valence-corrected chi connectivity index (χ3v) is 3.09. The summed E-state index contributed by atoms with van der Waals surface area (Å²) in [6.07, 6.45) is 1.78. The fourth-order valence-corrected chi connectivity index (χ4v) is 2.14. The van der Waals surface area contributed by atoms with E-state index in [1.165, 1.54) is 12.1 Å². The molecule has 3 rings (SSSR count). The van der Waals surface area contributed by atoms with Gasteiger partial charge in [0.1, 0.15) is 22.9 Å². The topological polar surface area (TPSA) is 46.4 Å². The predicted octanol–water partition coefficient (Wildman–Crippen LogP) is 2.50. The van der Waals surface area contributed by atoms with Crippen LogP contribution in [-0.2, 0) is 0 Å². The molecule has 0 unspecified atom stereocenters. The minimum atomic E-state index is -0.320. The van der Waals surface area contributed by atoms with Crippen LogP contribution in [0.1, 0.15) is 10.5 Å². The van der Waals surface area contributed by atoms with Crippen molar-refractivity contribution in [2.45, 2.75) is 0 Å². The lowest BCUT2D eigenvalue weighted by atomic mass is 10.1. The molecule has 0 saturated carbocycles. The van der Waals surface area contributed by atoms with E-state index in [0.717, 1.165) is 0 Å². The van der Waals surface area contributed by atoms with E-state index in [4.69, 9.17) is 0 Å². The van der Waals surface area contributed by atoms with Crippen molar-refractivity contribution >= 4 is 11.6 Å². The van der Waals surface area contributed by atoms with Crippen molar-refractivity contribution in [2.75, 3.05) is 7.05 Å². The van der Waals surface area contributed by atoms with Crippen LogP contribution in [0.25, 0.3) is 16.9 Å². The van der Waals surface area contributed by atoms with Crippen LogP contribution in [0.3, 0.4) is 0 Å². The van der Waals surface area contributed by atoms with Crippen LogP contribution in [0.5, 0.6) is 0 Å². The number of hydrogen-bond donors (Lipinski definition) is 1. The molecule has 3 aromatic rings. The summed E-state index contributed by atoms with van der Waals surface area (Å²) in [6.45, 7) is 0. The molecule has 0 spiro atoms. The number of imidazole rings is 1. The number of benzene rings is 1. The zero-order chi connectivity index (χ0) is 14.1. The third kappa shape index (κ3) is 1.93. The van der Waals surface area contributed by atoms with E-state index >= 15 is 0 Å². The van der Waals surface area contributed by atoms with Gasteiger partial charge in [-0.1, -0.05) is 6.07 Å².